The van der Waals surface area contributed by atoms with Crippen molar-refractivity contribution in [1.82, 2.24) is 0 Å². The lowest BCUT2D eigenvalue weighted by atomic mass is 9.70. The highest BCUT2D eigenvalue weighted by Crippen LogP contribution is 2.62. The van der Waals surface area contributed by atoms with Gasteiger partial charge in [-0.3, -0.25) is 0 Å². The summed E-state index contributed by atoms with van der Waals surface area (Å²) >= 11 is 0. The molecule has 3 fully saturated rings. The zero-order valence-corrected chi connectivity index (χ0v) is 7.14. The molecule has 0 saturated heterocycles. The van der Waals surface area contributed by atoms with E-state index in [1.165, 1.54) is 32.1 Å². The molecule has 60 valence electrons. The Hall–Kier alpha value is -0.510. The molecule has 0 heterocycles. The fourth-order valence-electron chi connectivity index (χ4n) is 2.96. The van der Waals surface area contributed by atoms with Crippen LogP contribution < -0.4 is 0 Å². The van der Waals surface area contributed by atoms with Crippen molar-refractivity contribution in [2.75, 3.05) is 0 Å². The minimum atomic E-state index is 0.157. The summed E-state index contributed by atoms with van der Waals surface area (Å²) in [6.07, 6.45) is 6.29. The Morgan fingerprint density at radius 3 is 2.64 bits per heavy atom. The van der Waals surface area contributed by atoms with Gasteiger partial charge in [0.15, 0.2) is 0 Å². The van der Waals surface area contributed by atoms with Crippen molar-refractivity contribution in [2.45, 2.75) is 39.0 Å². The molecule has 3 aliphatic rings. The Morgan fingerprint density at radius 2 is 2.18 bits per heavy atom. The van der Waals surface area contributed by atoms with E-state index < -0.39 is 0 Å². The average Bonchev–Trinajstić information content (AvgIpc) is 2.41. The van der Waals surface area contributed by atoms with Crippen molar-refractivity contribution < 1.29 is 0 Å². The summed E-state index contributed by atoms with van der Waals surface area (Å²) in [5, 5.41) is 8.90. The van der Waals surface area contributed by atoms with Gasteiger partial charge in [-0.1, -0.05) is 19.8 Å². The van der Waals surface area contributed by atoms with Crippen molar-refractivity contribution in [1.29, 1.82) is 5.26 Å². The Balaban J connectivity index is 1.98. The van der Waals surface area contributed by atoms with E-state index in [1.54, 1.807) is 0 Å². The molecule has 1 unspecified atom stereocenters. The topological polar surface area (TPSA) is 23.8 Å². The molecule has 11 heavy (non-hydrogen) atoms. The number of hydrogen-bond donors (Lipinski definition) is 0. The van der Waals surface area contributed by atoms with Crippen LogP contribution in [-0.2, 0) is 0 Å². The fourth-order valence-corrected chi connectivity index (χ4v) is 2.96. The molecule has 3 aliphatic carbocycles. The maximum atomic E-state index is 8.90. The molecular formula is C10H15N. The summed E-state index contributed by atoms with van der Waals surface area (Å²) < 4.78 is 0. The summed E-state index contributed by atoms with van der Waals surface area (Å²) in [4.78, 5) is 0. The van der Waals surface area contributed by atoms with E-state index >= 15 is 0 Å². The maximum Gasteiger partial charge on any atom is 0.0690 e. The Bertz CT molecular complexity index is 195. The number of nitrogens with zero attached hydrogens (tertiary/aromatic N) is 1. The largest absolute Gasteiger partial charge is 0.198 e. The molecule has 0 aromatic heterocycles. The van der Waals surface area contributed by atoms with Crippen molar-refractivity contribution >= 4 is 0 Å². The molecule has 0 aliphatic heterocycles. The van der Waals surface area contributed by atoms with Crippen LogP contribution in [0.1, 0.15) is 39.0 Å². The van der Waals surface area contributed by atoms with E-state index in [1.807, 2.05) is 0 Å². The predicted octanol–water partition coefficient (Wildman–Crippen LogP) is 2.73. The van der Waals surface area contributed by atoms with Crippen LogP contribution in [0.4, 0.5) is 0 Å². The number of hydrogen-bond acceptors (Lipinski definition) is 1. The lowest BCUT2D eigenvalue weighted by Crippen LogP contribution is -2.26. The van der Waals surface area contributed by atoms with E-state index in [-0.39, 0.29) is 5.41 Å². The third-order valence-corrected chi connectivity index (χ3v) is 3.52. The second kappa shape index (κ2) is 2.24. The van der Waals surface area contributed by atoms with Crippen LogP contribution in [0.5, 0.6) is 0 Å². The van der Waals surface area contributed by atoms with Crippen molar-refractivity contribution in [3.63, 3.8) is 0 Å². The normalized spacial score (nSPS) is 46.5. The molecule has 0 radical (unpaired) electrons. The summed E-state index contributed by atoms with van der Waals surface area (Å²) in [7, 11) is 0. The predicted molar refractivity (Wildman–Crippen MR) is 43.8 cm³/mol. The summed E-state index contributed by atoms with van der Waals surface area (Å²) in [5.74, 6) is 1.83. The first-order valence-corrected chi connectivity index (χ1v) is 4.71. The third kappa shape index (κ3) is 0.888. The van der Waals surface area contributed by atoms with E-state index in [2.05, 4.69) is 13.0 Å². The van der Waals surface area contributed by atoms with Gasteiger partial charge in [-0.15, -0.1) is 0 Å². The van der Waals surface area contributed by atoms with Crippen LogP contribution in [0, 0.1) is 28.6 Å². The standard InChI is InChI=1S/C10H15N/c1-2-3-8-4-10(7-11)5-9(8)6-10/h8-9H,2-6H2,1H3. The zero-order chi connectivity index (χ0) is 7.90. The highest BCUT2D eigenvalue weighted by Gasteiger charge is 2.55. The molecule has 3 saturated carbocycles. The molecule has 2 bridgehead atoms. The molecule has 1 heteroatoms. The number of fused-ring (bicyclic) bond motifs is 1. The van der Waals surface area contributed by atoms with Crippen LogP contribution in [0.2, 0.25) is 0 Å². The molecule has 0 aromatic carbocycles. The minimum absolute atomic E-state index is 0.157. The summed E-state index contributed by atoms with van der Waals surface area (Å²) in [5.41, 5.74) is 0.157. The van der Waals surface area contributed by atoms with Gasteiger partial charge in [0.1, 0.15) is 0 Å². The fraction of sp³-hybridized carbons (Fsp3) is 0.900. The smallest absolute Gasteiger partial charge is 0.0690 e. The average molecular weight is 149 g/mol. The molecule has 1 nitrogen and oxygen atoms in total. The molecule has 0 spiro atoms. The number of rotatable bonds is 2. The van der Waals surface area contributed by atoms with Gasteiger partial charge in [0.25, 0.3) is 0 Å². The molecule has 3 rings (SSSR count). The van der Waals surface area contributed by atoms with Gasteiger partial charge in [-0.25, -0.2) is 0 Å². The van der Waals surface area contributed by atoms with Gasteiger partial charge in [0.05, 0.1) is 11.5 Å². The van der Waals surface area contributed by atoms with Gasteiger partial charge in [0, 0.05) is 0 Å². The lowest BCUT2D eigenvalue weighted by molar-refractivity contribution is 0.203. The van der Waals surface area contributed by atoms with Crippen LogP contribution in [0.25, 0.3) is 0 Å². The van der Waals surface area contributed by atoms with Crippen LogP contribution in [0.3, 0.4) is 0 Å². The van der Waals surface area contributed by atoms with Crippen molar-refractivity contribution in [3.8, 4) is 6.07 Å². The van der Waals surface area contributed by atoms with Gasteiger partial charge >= 0.3 is 0 Å². The Morgan fingerprint density at radius 1 is 1.45 bits per heavy atom. The van der Waals surface area contributed by atoms with Crippen LogP contribution in [-0.4, -0.2) is 0 Å². The summed E-state index contributed by atoms with van der Waals surface area (Å²) in [6.45, 7) is 2.24. The first-order chi connectivity index (χ1) is 5.29. The van der Waals surface area contributed by atoms with Gasteiger partial charge in [-0.2, -0.15) is 5.26 Å². The first-order valence-electron chi connectivity index (χ1n) is 4.71. The maximum absolute atomic E-state index is 8.90. The monoisotopic (exact) mass is 149 g/mol. The molecule has 1 atom stereocenters. The van der Waals surface area contributed by atoms with Crippen molar-refractivity contribution in [3.05, 3.63) is 0 Å². The van der Waals surface area contributed by atoms with E-state index in [0.717, 1.165) is 11.8 Å². The Kier molecular flexibility index (Phi) is 1.45. The van der Waals surface area contributed by atoms with Gasteiger partial charge in [0.2, 0.25) is 0 Å². The van der Waals surface area contributed by atoms with Crippen LogP contribution >= 0.6 is 0 Å². The lowest BCUT2D eigenvalue weighted by Gasteiger charge is -2.31. The van der Waals surface area contributed by atoms with E-state index in [4.69, 9.17) is 5.26 Å². The van der Waals surface area contributed by atoms with E-state index in [0.29, 0.717) is 0 Å². The van der Waals surface area contributed by atoms with Crippen molar-refractivity contribution in [2.24, 2.45) is 17.3 Å². The van der Waals surface area contributed by atoms with Gasteiger partial charge in [-0.05, 0) is 31.1 Å². The second-order valence-electron chi connectivity index (χ2n) is 4.31. The van der Waals surface area contributed by atoms with Crippen LogP contribution in [0.15, 0.2) is 0 Å². The van der Waals surface area contributed by atoms with E-state index in [9.17, 15) is 0 Å². The highest BCUT2D eigenvalue weighted by molar-refractivity contribution is 5.15. The molecular weight excluding hydrogens is 134 g/mol. The number of nitriles is 1. The Labute approximate surface area is 68.4 Å². The zero-order valence-electron chi connectivity index (χ0n) is 7.14. The first kappa shape index (κ1) is 7.16. The third-order valence-electron chi connectivity index (χ3n) is 3.52. The quantitative estimate of drug-likeness (QED) is 0.592. The summed E-state index contributed by atoms with van der Waals surface area (Å²) in [6, 6.07) is 2.49. The molecule has 0 aromatic rings. The van der Waals surface area contributed by atoms with Gasteiger partial charge < -0.3 is 0 Å². The minimum Gasteiger partial charge on any atom is -0.198 e. The highest BCUT2D eigenvalue weighted by atomic mass is 14.6. The second-order valence-corrected chi connectivity index (χ2v) is 4.31. The molecule has 0 amide bonds. The molecule has 0 N–H and O–H groups in total. The SMILES string of the molecule is CCCC1CC2(C#N)CC1C2.